The first-order chi connectivity index (χ1) is 10.3. The van der Waals surface area contributed by atoms with Crippen molar-refractivity contribution in [2.45, 2.75) is 58.3 Å². The van der Waals surface area contributed by atoms with E-state index in [1.165, 1.54) is 6.42 Å². The first kappa shape index (κ1) is 21.1. The van der Waals surface area contributed by atoms with Crippen LogP contribution in [0.2, 0.25) is 0 Å². The molecule has 0 heterocycles. The lowest BCUT2D eigenvalue weighted by Crippen LogP contribution is -2.23. The molecule has 0 saturated carbocycles. The Bertz CT molecular complexity index is 377. The van der Waals surface area contributed by atoms with E-state index in [2.05, 4.69) is 6.92 Å². The first-order valence-corrected chi connectivity index (χ1v) is 9.49. The molecule has 0 saturated heterocycles. The van der Waals surface area contributed by atoms with E-state index in [4.69, 9.17) is 19.6 Å². The van der Waals surface area contributed by atoms with Crippen molar-refractivity contribution in [3.8, 4) is 0 Å². The zero-order valence-electron chi connectivity index (χ0n) is 13.1. The van der Waals surface area contributed by atoms with Gasteiger partial charge in [0.1, 0.15) is 0 Å². The second-order valence-electron chi connectivity index (χ2n) is 5.41. The molecule has 0 radical (unpaired) electrons. The highest BCUT2D eigenvalue weighted by Gasteiger charge is 2.29. The summed E-state index contributed by atoms with van der Waals surface area (Å²) in [4.78, 5) is 40.2. The van der Waals surface area contributed by atoms with E-state index < -0.39 is 31.6 Å². The predicted octanol–water partition coefficient (Wildman–Crippen LogP) is 2.55. The van der Waals surface area contributed by atoms with Crippen LogP contribution in [0.15, 0.2) is 0 Å². The average molecular weight is 338 g/mol. The van der Waals surface area contributed by atoms with Gasteiger partial charge in [0.25, 0.3) is 0 Å². The van der Waals surface area contributed by atoms with E-state index in [9.17, 15) is 14.2 Å². The largest absolute Gasteiger partial charge is 0.481 e. The molecule has 130 valence electrons. The van der Waals surface area contributed by atoms with E-state index in [1.54, 1.807) is 0 Å². The van der Waals surface area contributed by atoms with Crippen molar-refractivity contribution in [3.05, 3.63) is 0 Å². The molecular formula is C14H27O7P. The van der Waals surface area contributed by atoms with Crippen LogP contribution in [0.3, 0.4) is 0 Å². The number of esters is 1. The molecule has 1 atom stereocenters. The van der Waals surface area contributed by atoms with Gasteiger partial charge in [0.15, 0.2) is 0 Å². The standard InChI is InChI=1S/C14H27O7P/c1-2-3-4-5-6-7-10-21-14(17)12(8-9-13(15)16)11-22(18,19)20/h12H,2-11H2,1H3,(H,15,16)(H2,18,19,20). The smallest absolute Gasteiger partial charge is 0.326 e. The van der Waals surface area contributed by atoms with Crippen molar-refractivity contribution in [2.24, 2.45) is 5.92 Å². The molecule has 3 N–H and O–H groups in total. The second kappa shape index (κ2) is 11.6. The van der Waals surface area contributed by atoms with E-state index in [-0.39, 0.29) is 19.4 Å². The van der Waals surface area contributed by atoms with Gasteiger partial charge in [-0.2, -0.15) is 0 Å². The highest BCUT2D eigenvalue weighted by Crippen LogP contribution is 2.38. The Morgan fingerprint density at radius 1 is 1.09 bits per heavy atom. The maximum absolute atomic E-state index is 11.8. The lowest BCUT2D eigenvalue weighted by atomic mass is 10.1. The fourth-order valence-corrected chi connectivity index (χ4v) is 2.95. The summed E-state index contributed by atoms with van der Waals surface area (Å²) in [5.41, 5.74) is 0. The van der Waals surface area contributed by atoms with Gasteiger partial charge in [0.05, 0.1) is 18.7 Å². The van der Waals surface area contributed by atoms with Gasteiger partial charge in [-0.25, -0.2) is 0 Å². The third-order valence-electron chi connectivity index (χ3n) is 3.24. The van der Waals surface area contributed by atoms with Crippen LogP contribution in [0.4, 0.5) is 0 Å². The number of carbonyl (C=O) groups excluding carboxylic acids is 1. The molecule has 0 aliphatic rings. The number of hydrogen-bond acceptors (Lipinski definition) is 4. The van der Waals surface area contributed by atoms with Gasteiger partial charge < -0.3 is 19.6 Å². The molecule has 0 amide bonds. The number of carboxylic acids is 1. The Hall–Kier alpha value is -0.910. The van der Waals surface area contributed by atoms with Crippen molar-refractivity contribution in [2.75, 3.05) is 12.8 Å². The maximum atomic E-state index is 11.8. The number of rotatable bonds is 13. The van der Waals surface area contributed by atoms with Gasteiger partial charge >= 0.3 is 19.5 Å². The number of ether oxygens (including phenoxy) is 1. The van der Waals surface area contributed by atoms with Crippen molar-refractivity contribution >= 4 is 19.5 Å². The Morgan fingerprint density at radius 3 is 2.23 bits per heavy atom. The topological polar surface area (TPSA) is 121 Å². The number of aliphatic carboxylic acids is 1. The maximum Gasteiger partial charge on any atom is 0.326 e. The third-order valence-corrected chi connectivity index (χ3v) is 4.16. The Labute approximate surface area is 131 Å². The van der Waals surface area contributed by atoms with Crippen LogP contribution in [0.1, 0.15) is 58.3 Å². The minimum atomic E-state index is -4.39. The zero-order chi connectivity index (χ0) is 17.0. The molecule has 7 nitrogen and oxygen atoms in total. The normalized spacial score (nSPS) is 12.9. The number of hydrogen-bond donors (Lipinski definition) is 3. The minimum absolute atomic E-state index is 0.129. The predicted molar refractivity (Wildman–Crippen MR) is 81.6 cm³/mol. The van der Waals surface area contributed by atoms with Crippen LogP contribution >= 0.6 is 7.60 Å². The van der Waals surface area contributed by atoms with Gasteiger partial charge in [-0.3, -0.25) is 14.2 Å². The van der Waals surface area contributed by atoms with Gasteiger partial charge in [0.2, 0.25) is 0 Å². The van der Waals surface area contributed by atoms with Crippen molar-refractivity contribution in [1.82, 2.24) is 0 Å². The quantitative estimate of drug-likeness (QED) is 0.268. The zero-order valence-corrected chi connectivity index (χ0v) is 14.0. The number of unbranched alkanes of at least 4 members (excludes halogenated alkanes) is 5. The molecule has 1 unspecified atom stereocenters. The second-order valence-corrected chi connectivity index (χ2v) is 7.11. The van der Waals surface area contributed by atoms with Crippen LogP contribution in [-0.2, 0) is 18.9 Å². The monoisotopic (exact) mass is 338 g/mol. The Morgan fingerprint density at radius 2 is 1.68 bits per heavy atom. The van der Waals surface area contributed by atoms with Crippen molar-refractivity contribution < 1.29 is 33.8 Å². The van der Waals surface area contributed by atoms with Gasteiger partial charge in [-0.15, -0.1) is 0 Å². The van der Waals surface area contributed by atoms with Gasteiger partial charge in [-0.1, -0.05) is 39.0 Å². The highest BCUT2D eigenvalue weighted by atomic mass is 31.2. The van der Waals surface area contributed by atoms with E-state index in [1.807, 2.05) is 0 Å². The summed E-state index contributed by atoms with van der Waals surface area (Å²) in [5, 5.41) is 8.61. The van der Waals surface area contributed by atoms with Crippen LogP contribution in [0.25, 0.3) is 0 Å². The van der Waals surface area contributed by atoms with E-state index in [0.717, 1.165) is 25.7 Å². The van der Waals surface area contributed by atoms with Crippen LogP contribution < -0.4 is 0 Å². The first-order valence-electron chi connectivity index (χ1n) is 7.69. The summed E-state index contributed by atoms with van der Waals surface area (Å²) >= 11 is 0. The molecule has 0 aromatic rings. The summed E-state index contributed by atoms with van der Waals surface area (Å²) < 4.78 is 16.0. The molecule has 0 bridgehead atoms. The molecule has 0 fully saturated rings. The SMILES string of the molecule is CCCCCCCCOC(=O)C(CCC(=O)O)CP(=O)(O)O. The molecule has 22 heavy (non-hydrogen) atoms. The molecular weight excluding hydrogens is 311 g/mol. The van der Waals surface area contributed by atoms with Crippen molar-refractivity contribution in [1.29, 1.82) is 0 Å². The van der Waals surface area contributed by atoms with Crippen LogP contribution in [0.5, 0.6) is 0 Å². The summed E-state index contributed by atoms with van der Waals surface area (Å²) in [5.74, 6) is -2.91. The van der Waals surface area contributed by atoms with E-state index >= 15 is 0 Å². The highest BCUT2D eigenvalue weighted by molar-refractivity contribution is 7.51. The molecule has 0 rings (SSSR count). The average Bonchev–Trinajstić information content (AvgIpc) is 2.40. The summed E-state index contributed by atoms with van der Waals surface area (Å²) in [6.07, 6.45) is 5.06. The van der Waals surface area contributed by atoms with Gasteiger partial charge in [-0.05, 0) is 12.8 Å². The van der Waals surface area contributed by atoms with Gasteiger partial charge in [0, 0.05) is 6.42 Å². The fourth-order valence-electron chi connectivity index (χ4n) is 2.04. The fraction of sp³-hybridized carbons (Fsp3) is 0.857. The molecule has 8 heteroatoms. The molecule has 0 aliphatic heterocycles. The van der Waals surface area contributed by atoms with Crippen molar-refractivity contribution in [3.63, 3.8) is 0 Å². The lowest BCUT2D eigenvalue weighted by molar-refractivity contribution is -0.148. The minimum Gasteiger partial charge on any atom is -0.481 e. The summed E-state index contributed by atoms with van der Waals surface area (Å²) in [7, 11) is -4.39. The molecule has 0 aromatic heterocycles. The lowest BCUT2D eigenvalue weighted by Gasteiger charge is -2.15. The summed E-state index contributed by atoms with van der Waals surface area (Å²) in [6, 6.07) is 0. The number of carboxylic acid groups (broad SMARTS) is 1. The third kappa shape index (κ3) is 12.8. The Kier molecular flexibility index (Phi) is 11.1. The van der Waals surface area contributed by atoms with Crippen LogP contribution in [-0.4, -0.2) is 39.6 Å². The number of carbonyl (C=O) groups is 2. The molecule has 0 aliphatic carbocycles. The molecule has 0 spiro atoms. The van der Waals surface area contributed by atoms with E-state index in [0.29, 0.717) is 6.42 Å². The Balaban J connectivity index is 4.10. The van der Waals surface area contributed by atoms with Crippen LogP contribution in [0, 0.1) is 5.92 Å². The summed E-state index contributed by atoms with van der Waals surface area (Å²) in [6.45, 7) is 2.33. The molecule has 0 aromatic carbocycles.